The molecule has 0 atom stereocenters. The van der Waals surface area contributed by atoms with Gasteiger partial charge in [0.25, 0.3) is 0 Å². The molecule has 4 nitrogen and oxygen atoms in total. The van der Waals surface area contributed by atoms with Crippen molar-refractivity contribution < 1.29 is 4.74 Å². The molecule has 0 amide bonds. The smallest absolute Gasteiger partial charge is 0.128 e. The van der Waals surface area contributed by atoms with Gasteiger partial charge in [0.05, 0.1) is 12.8 Å². The average molecular weight is 395 g/mol. The molecule has 0 aliphatic heterocycles. The van der Waals surface area contributed by atoms with Crippen LogP contribution in [-0.2, 0) is 0 Å². The predicted octanol–water partition coefficient (Wildman–Crippen LogP) is 5.65. The van der Waals surface area contributed by atoms with Crippen molar-refractivity contribution in [2.45, 2.75) is 51.9 Å². The number of para-hydroxylation sites is 2. The van der Waals surface area contributed by atoms with E-state index in [0.717, 1.165) is 28.1 Å². The number of rotatable bonds is 4. The largest absolute Gasteiger partial charge is 0.496 e. The van der Waals surface area contributed by atoms with Gasteiger partial charge in [-0.3, -0.25) is 0 Å². The molecule has 0 saturated heterocycles. The Morgan fingerprint density at radius 1 is 0.821 bits per heavy atom. The molecule has 2 aromatic carbocycles. The maximum absolute atomic E-state index is 5.70. The zero-order chi connectivity index (χ0) is 20.5. The Bertz CT molecular complexity index is 922. The van der Waals surface area contributed by atoms with Gasteiger partial charge in [0, 0.05) is 5.56 Å². The van der Waals surface area contributed by atoms with Crippen LogP contribution in [0.2, 0.25) is 0 Å². The highest BCUT2D eigenvalue weighted by Crippen LogP contribution is 2.59. The van der Waals surface area contributed by atoms with Gasteiger partial charge in [0.1, 0.15) is 16.9 Å². The topological polar surface area (TPSA) is 39.9 Å². The zero-order valence-electron chi connectivity index (χ0n) is 17.9. The number of hydrogen-bond acceptors (Lipinski definition) is 3. The van der Waals surface area contributed by atoms with Crippen molar-refractivity contribution in [2.75, 3.05) is 7.11 Å². The van der Waals surface area contributed by atoms with Crippen LogP contribution in [0.5, 0.6) is 5.75 Å². The Morgan fingerprint density at radius 3 is 1.96 bits per heavy atom. The van der Waals surface area contributed by atoms with Crippen LogP contribution in [0.25, 0.3) is 16.9 Å². The first-order chi connectivity index (χ1) is 13.1. The number of ether oxygens (including phenoxy) is 1. The third-order valence-electron chi connectivity index (χ3n) is 4.57. The monoisotopic (exact) mass is 395 g/mol. The molecule has 0 unspecified atom stereocenters. The van der Waals surface area contributed by atoms with Crippen molar-refractivity contribution in [2.24, 2.45) is 0 Å². The third kappa shape index (κ3) is 3.98. The average Bonchev–Trinajstić information content (AvgIpc) is 3.03. The van der Waals surface area contributed by atoms with Crippen LogP contribution in [-0.4, -0.2) is 32.4 Å². The Labute approximate surface area is 169 Å². The van der Waals surface area contributed by atoms with Crippen LogP contribution < -0.4 is 10.2 Å². The maximum atomic E-state index is 5.70. The van der Waals surface area contributed by atoms with E-state index in [1.54, 1.807) is 7.11 Å². The summed E-state index contributed by atoms with van der Waals surface area (Å²) in [4.78, 5) is 0. The highest BCUT2D eigenvalue weighted by atomic mass is 31.1. The van der Waals surface area contributed by atoms with Gasteiger partial charge < -0.3 is 4.74 Å². The zero-order valence-corrected chi connectivity index (χ0v) is 18.8. The van der Waals surface area contributed by atoms with E-state index in [0.29, 0.717) is 0 Å². The molecule has 28 heavy (non-hydrogen) atoms. The molecular formula is C23H30N3OP. The lowest BCUT2D eigenvalue weighted by molar-refractivity contribution is 0.416. The molecule has 1 aromatic heterocycles. The fourth-order valence-corrected chi connectivity index (χ4v) is 7.73. The third-order valence-corrected chi connectivity index (χ3v) is 7.98. The molecular weight excluding hydrogens is 365 g/mol. The Kier molecular flexibility index (Phi) is 5.63. The second-order valence-corrected chi connectivity index (χ2v) is 12.7. The van der Waals surface area contributed by atoms with Crippen molar-refractivity contribution in [1.29, 1.82) is 0 Å². The maximum Gasteiger partial charge on any atom is 0.128 e. The van der Waals surface area contributed by atoms with Crippen molar-refractivity contribution in [1.82, 2.24) is 15.0 Å². The van der Waals surface area contributed by atoms with Crippen molar-refractivity contribution in [3.05, 3.63) is 54.6 Å². The van der Waals surface area contributed by atoms with E-state index >= 15 is 0 Å². The van der Waals surface area contributed by atoms with Gasteiger partial charge in [-0.1, -0.05) is 77.1 Å². The molecule has 5 heteroatoms. The molecule has 3 aromatic rings. The summed E-state index contributed by atoms with van der Waals surface area (Å²) in [6, 6.07) is 18.3. The minimum atomic E-state index is -0.619. The van der Waals surface area contributed by atoms with Crippen LogP contribution in [0.15, 0.2) is 54.6 Å². The molecule has 148 valence electrons. The molecule has 0 aliphatic carbocycles. The van der Waals surface area contributed by atoms with Crippen LogP contribution in [0.1, 0.15) is 41.5 Å². The van der Waals surface area contributed by atoms with Crippen LogP contribution in [0.3, 0.4) is 0 Å². The molecule has 1 heterocycles. The molecule has 0 N–H and O–H groups in total. The Balaban J connectivity index is 2.35. The lowest BCUT2D eigenvalue weighted by atomic mass is 10.1. The number of benzene rings is 2. The van der Waals surface area contributed by atoms with Gasteiger partial charge in [0.2, 0.25) is 0 Å². The van der Waals surface area contributed by atoms with E-state index in [1.165, 1.54) is 0 Å². The first kappa shape index (κ1) is 20.5. The van der Waals surface area contributed by atoms with Gasteiger partial charge in [-0.25, -0.2) is 4.68 Å². The molecule has 3 rings (SSSR count). The summed E-state index contributed by atoms with van der Waals surface area (Å²) in [6.07, 6.45) is 0. The summed E-state index contributed by atoms with van der Waals surface area (Å²) < 4.78 is 7.66. The summed E-state index contributed by atoms with van der Waals surface area (Å²) >= 11 is 0. The van der Waals surface area contributed by atoms with Gasteiger partial charge in [0.15, 0.2) is 0 Å². The highest BCUT2D eigenvalue weighted by Gasteiger charge is 2.40. The van der Waals surface area contributed by atoms with E-state index in [1.807, 2.05) is 41.1 Å². The minimum absolute atomic E-state index is 0.0852. The van der Waals surface area contributed by atoms with E-state index in [2.05, 4.69) is 65.0 Å². The molecule has 0 spiro atoms. The molecule has 0 aliphatic rings. The number of aromatic nitrogens is 3. The second-order valence-electron chi connectivity index (χ2n) is 8.89. The van der Waals surface area contributed by atoms with E-state index in [-0.39, 0.29) is 10.3 Å². The van der Waals surface area contributed by atoms with Crippen molar-refractivity contribution in [3.63, 3.8) is 0 Å². The van der Waals surface area contributed by atoms with Gasteiger partial charge in [-0.15, -0.1) is 5.10 Å². The standard InChI is InChI=1S/C23H30N3OP/c1-22(2,3)28(23(4,5)6)21-20(18-15-11-12-16-19(18)27-7)26(25-24-21)17-13-9-8-10-14-17/h8-16H,1-7H3. The quantitative estimate of drug-likeness (QED) is 0.536. The van der Waals surface area contributed by atoms with Crippen molar-refractivity contribution >= 4 is 13.4 Å². The first-order valence-corrected chi connectivity index (χ1v) is 10.9. The SMILES string of the molecule is COc1ccccc1-c1c(P(C(C)(C)C)C(C)(C)C)nnn1-c1ccccc1. The second kappa shape index (κ2) is 7.67. The number of nitrogens with zero attached hydrogens (tertiary/aromatic N) is 3. The molecule has 0 radical (unpaired) electrons. The fourth-order valence-electron chi connectivity index (χ4n) is 3.89. The predicted molar refractivity (Wildman–Crippen MR) is 119 cm³/mol. The number of methoxy groups -OCH3 is 1. The summed E-state index contributed by atoms with van der Waals surface area (Å²) in [7, 11) is 1.09. The number of hydrogen-bond donors (Lipinski definition) is 0. The normalized spacial score (nSPS) is 12.4. The Morgan fingerprint density at radius 2 is 1.39 bits per heavy atom. The van der Waals surface area contributed by atoms with Crippen molar-refractivity contribution in [3.8, 4) is 22.7 Å². The van der Waals surface area contributed by atoms with E-state index < -0.39 is 7.92 Å². The molecule has 0 fully saturated rings. The summed E-state index contributed by atoms with van der Waals surface area (Å²) in [5.74, 6) is 0.834. The van der Waals surface area contributed by atoms with Crippen LogP contribution >= 0.6 is 7.92 Å². The lowest BCUT2D eigenvalue weighted by Gasteiger charge is -2.40. The molecule has 0 saturated carbocycles. The van der Waals surface area contributed by atoms with E-state index in [9.17, 15) is 0 Å². The summed E-state index contributed by atoms with van der Waals surface area (Å²) in [5, 5.41) is 9.55. The minimum Gasteiger partial charge on any atom is -0.496 e. The lowest BCUT2D eigenvalue weighted by Crippen LogP contribution is -2.32. The fraction of sp³-hybridized carbons (Fsp3) is 0.391. The summed E-state index contributed by atoms with van der Waals surface area (Å²) in [6.45, 7) is 13.8. The Hall–Kier alpha value is -2.19. The first-order valence-electron chi connectivity index (χ1n) is 9.59. The van der Waals surface area contributed by atoms with Gasteiger partial charge >= 0.3 is 0 Å². The van der Waals surface area contributed by atoms with Gasteiger partial charge in [-0.05, 0) is 42.5 Å². The summed E-state index contributed by atoms with van der Waals surface area (Å²) in [5.41, 5.74) is 4.12. The van der Waals surface area contributed by atoms with Crippen LogP contribution in [0, 0.1) is 0 Å². The highest BCUT2D eigenvalue weighted by molar-refractivity contribution is 7.68. The van der Waals surface area contributed by atoms with Gasteiger partial charge in [-0.2, -0.15) is 0 Å². The van der Waals surface area contributed by atoms with E-state index in [4.69, 9.17) is 9.84 Å². The molecule has 0 bridgehead atoms. The van der Waals surface area contributed by atoms with Crippen LogP contribution in [0.4, 0.5) is 0 Å².